The van der Waals surface area contributed by atoms with E-state index in [1.54, 1.807) is 54.9 Å². The highest BCUT2D eigenvalue weighted by Crippen LogP contribution is 2.31. The van der Waals surface area contributed by atoms with Gasteiger partial charge in [0.1, 0.15) is 11.4 Å². The summed E-state index contributed by atoms with van der Waals surface area (Å²) in [6, 6.07) is 16.3. The van der Waals surface area contributed by atoms with E-state index in [-0.39, 0.29) is 17.3 Å². The first-order chi connectivity index (χ1) is 16.1. The summed E-state index contributed by atoms with van der Waals surface area (Å²) >= 11 is 5.92. The highest BCUT2D eigenvalue weighted by molar-refractivity contribution is 6.30. The average molecular weight is 460 g/mol. The Morgan fingerprint density at radius 3 is 2.61 bits per heavy atom. The van der Waals surface area contributed by atoms with Gasteiger partial charge in [-0.3, -0.25) is 4.79 Å². The summed E-state index contributed by atoms with van der Waals surface area (Å²) in [6.07, 6.45) is 4.78. The number of nitrogens with zero attached hydrogens (tertiary/aromatic N) is 3. The lowest BCUT2D eigenvalue weighted by atomic mass is 10.1. The van der Waals surface area contributed by atoms with Crippen LogP contribution in [0.5, 0.6) is 11.5 Å². The van der Waals surface area contributed by atoms with Crippen LogP contribution < -0.4 is 10.1 Å². The monoisotopic (exact) mass is 459 g/mol. The normalized spacial score (nSPS) is 10.8. The first-order valence-electron chi connectivity index (χ1n) is 9.87. The number of hydrogen-bond acceptors (Lipinski definition) is 5. The first kappa shape index (κ1) is 20.6. The first-order valence-corrected chi connectivity index (χ1v) is 10.2. The second-order valence-corrected chi connectivity index (χ2v) is 7.46. The smallest absolute Gasteiger partial charge is 0.293 e. The maximum absolute atomic E-state index is 14.7. The predicted octanol–water partition coefficient (Wildman–Crippen LogP) is 5.86. The lowest BCUT2D eigenvalue weighted by molar-refractivity contribution is 0.101. The van der Waals surface area contributed by atoms with E-state index in [1.165, 1.54) is 24.4 Å². The van der Waals surface area contributed by atoms with Gasteiger partial charge in [0.25, 0.3) is 5.91 Å². The summed E-state index contributed by atoms with van der Waals surface area (Å²) in [5.74, 6) is -0.770. The molecule has 2 N–H and O–H groups in total. The number of rotatable bonds is 5. The van der Waals surface area contributed by atoms with Crippen molar-refractivity contribution in [1.82, 2.24) is 19.9 Å². The van der Waals surface area contributed by atoms with Gasteiger partial charge >= 0.3 is 0 Å². The molecule has 0 fully saturated rings. The molecule has 0 atom stereocenters. The minimum Gasteiger partial charge on any atom is -0.453 e. The SMILES string of the molecule is O=C(Nc1ccc(Oc2ccnc3[nH]ccc23)c(F)c1)c1nccc(-c2ccc(Cl)cc2)n1. The third-order valence-corrected chi connectivity index (χ3v) is 5.08. The zero-order valence-corrected chi connectivity index (χ0v) is 17.7. The van der Waals surface area contributed by atoms with Crippen LogP contribution in [0.3, 0.4) is 0 Å². The molecule has 0 aliphatic heterocycles. The third kappa shape index (κ3) is 4.37. The molecule has 0 saturated heterocycles. The Hall–Kier alpha value is -4.30. The summed E-state index contributed by atoms with van der Waals surface area (Å²) in [4.78, 5) is 28.1. The zero-order chi connectivity index (χ0) is 22.8. The summed E-state index contributed by atoms with van der Waals surface area (Å²) in [5.41, 5.74) is 2.23. The molecule has 33 heavy (non-hydrogen) atoms. The fraction of sp³-hybridized carbons (Fsp3) is 0. The van der Waals surface area contributed by atoms with E-state index in [9.17, 15) is 9.18 Å². The Morgan fingerprint density at radius 2 is 1.79 bits per heavy atom. The van der Waals surface area contributed by atoms with Crippen LogP contribution in [0.2, 0.25) is 5.02 Å². The van der Waals surface area contributed by atoms with Gasteiger partial charge in [0.2, 0.25) is 5.82 Å². The maximum atomic E-state index is 14.7. The number of aromatic nitrogens is 4. The van der Waals surface area contributed by atoms with E-state index in [2.05, 4.69) is 25.3 Å². The molecule has 0 spiro atoms. The highest BCUT2D eigenvalue weighted by atomic mass is 35.5. The number of anilines is 1. The third-order valence-electron chi connectivity index (χ3n) is 4.83. The Morgan fingerprint density at radius 1 is 0.970 bits per heavy atom. The minimum absolute atomic E-state index is 0.0164. The fourth-order valence-electron chi connectivity index (χ4n) is 3.24. The Balaban J connectivity index is 1.33. The molecule has 0 saturated carbocycles. The molecular formula is C24H15ClFN5O2. The van der Waals surface area contributed by atoms with Crippen molar-refractivity contribution >= 4 is 34.2 Å². The number of ether oxygens (including phenoxy) is 1. The number of halogens is 2. The van der Waals surface area contributed by atoms with Crippen LogP contribution >= 0.6 is 11.6 Å². The van der Waals surface area contributed by atoms with E-state index >= 15 is 0 Å². The molecule has 3 aromatic heterocycles. The van der Waals surface area contributed by atoms with Gasteiger partial charge in [-0.2, -0.15) is 0 Å². The van der Waals surface area contributed by atoms with Crippen LogP contribution in [0.4, 0.5) is 10.1 Å². The average Bonchev–Trinajstić information content (AvgIpc) is 3.31. The number of hydrogen-bond donors (Lipinski definition) is 2. The molecule has 0 radical (unpaired) electrons. The Kier molecular flexibility index (Phi) is 5.42. The summed E-state index contributed by atoms with van der Waals surface area (Å²) in [7, 11) is 0. The van der Waals surface area contributed by atoms with E-state index < -0.39 is 11.7 Å². The van der Waals surface area contributed by atoms with Crippen molar-refractivity contribution < 1.29 is 13.9 Å². The van der Waals surface area contributed by atoms with Crippen molar-refractivity contribution in [3.05, 3.63) is 95.9 Å². The number of amides is 1. The van der Waals surface area contributed by atoms with Gasteiger partial charge < -0.3 is 15.0 Å². The fourth-order valence-corrected chi connectivity index (χ4v) is 3.37. The van der Waals surface area contributed by atoms with Crippen molar-refractivity contribution in [3.63, 3.8) is 0 Å². The Labute approximate surface area is 192 Å². The maximum Gasteiger partial charge on any atom is 0.293 e. The van der Waals surface area contributed by atoms with Crippen LogP contribution in [-0.4, -0.2) is 25.8 Å². The molecule has 0 unspecified atom stereocenters. The van der Waals surface area contributed by atoms with Crippen LogP contribution in [0, 0.1) is 5.82 Å². The van der Waals surface area contributed by atoms with E-state index in [4.69, 9.17) is 16.3 Å². The van der Waals surface area contributed by atoms with E-state index in [0.29, 0.717) is 22.1 Å². The predicted molar refractivity (Wildman–Crippen MR) is 123 cm³/mol. The van der Waals surface area contributed by atoms with Gasteiger partial charge in [0, 0.05) is 40.9 Å². The number of benzene rings is 2. The molecular weight excluding hydrogens is 445 g/mol. The zero-order valence-electron chi connectivity index (χ0n) is 16.9. The number of carbonyl (C=O) groups excluding carboxylic acids is 1. The van der Waals surface area contributed by atoms with E-state index in [0.717, 1.165) is 10.9 Å². The van der Waals surface area contributed by atoms with Crippen LogP contribution in [0.25, 0.3) is 22.3 Å². The van der Waals surface area contributed by atoms with E-state index in [1.807, 2.05) is 0 Å². The molecule has 5 aromatic rings. The molecule has 162 valence electrons. The standard InChI is InChI=1S/C24H15ClFN5O2/c25-15-3-1-14(2-4-15)19-8-11-29-23(31-19)24(32)30-16-5-6-21(18(26)13-16)33-20-9-12-28-22-17(20)7-10-27-22/h1-13H,(H,27,28)(H,30,32). The number of aromatic amines is 1. The van der Waals surface area contributed by atoms with Crippen molar-refractivity contribution in [2.24, 2.45) is 0 Å². The molecule has 1 amide bonds. The van der Waals surface area contributed by atoms with Crippen molar-refractivity contribution in [2.45, 2.75) is 0 Å². The number of nitrogens with one attached hydrogen (secondary N) is 2. The summed E-state index contributed by atoms with van der Waals surface area (Å²) in [5, 5.41) is 3.94. The number of H-pyrrole nitrogens is 1. The lowest BCUT2D eigenvalue weighted by Crippen LogP contribution is -2.16. The number of pyridine rings is 1. The second-order valence-electron chi connectivity index (χ2n) is 7.02. The van der Waals surface area contributed by atoms with Crippen molar-refractivity contribution in [3.8, 4) is 22.8 Å². The summed E-state index contributed by atoms with van der Waals surface area (Å²) in [6.45, 7) is 0. The lowest BCUT2D eigenvalue weighted by Gasteiger charge is -2.10. The molecule has 0 aliphatic carbocycles. The molecule has 2 aromatic carbocycles. The van der Waals surface area contributed by atoms with Crippen molar-refractivity contribution in [1.29, 1.82) is 0 Å². The van der Waals surface area contributed by atoms with Crippen LogP contribution in [-0.2, 0) is 0 Å². The Bertz CT molecular complexity index is 1470. The summed E-state index contributed by atoms with van der Waals surface area (Å²) < 4.78 is 20.4. The van der Waals surface area contributed by atoms with Gasteiger partial charge in [0.05, 0.1) is 11.1 Å². The molecule has 0 aliphatic rings. The topological polar surface area (TPSA) is 92.8 Å². The van der Waals surface area contributed by atoms with Gasteiger partial charge in [-0.15, -0.1) is 0 Å². The van der Waals surface area contributed by atoms with Gasteiger partial charge in [-0.05, 0) is 42.5 Å². The highest BCUT2D eigenvalue weighted by Gasteiger charge is 2.14. The molecule has 7 nitrogen and oxygen atoms in total. The van der Waals surface area contributed by atoms with Crippen molar-refractivity contribution in [2.75, 3.05) is 5.32 Å². The van der Waals surface area contributed by atoms with Gasteiger partial charge in [-0.1, -0.05) is 23.7 Å². The second kappa shape index (κ2) is 8.68. The molecule has 0 bridgehead atoms. The quantitative estimate of drug-likeness (QED) is 0.343. The van der Waals surface area contributed by atoms with Gasteiger partial charge in [-0.25, -0.2) is 19.3 Å². The number of fused-ring (bicyclic) bond motifs is 1. The van der Waals surface area contributed by atoms with Crippen LogP contribution in [0.1, 0.15) is 10.6 Å². The molecule has 5 rings (SSSR count). The number of carbonyl (C=O) groups is 1. The minimum atomic E-state index is -0.635. The van der Waals surface area contributed by atoms with Crippen LogP contribution in [0.15, 0.2) is 79.3 Å². The largest absolute Gasteiger partial charge is 0.453 e. The molecule has 9 heteroatoms. The van der Waals surface area contributed by atoms with Gasteiger partial charge in [0.15, 0.2) is 11.6 Å². The molecule has 3 heterocycles.